The molecular formula is C23H21Cl2NO6. The molecule has 1 amide bonds. The molecule has 1 aliphatic heterocycles. The molecule has 2 aromatic carbocycles. The lowest BCUT2D eigenvalue weighted by atomic mass is 9.95. The average Bonchev–Trinajstić information content (AvgIpc) is 3.00. The fourth-order valence-electron chi connectivity index (χ4n) is 3.52. The van der Waals surface area contributed by atoms with Crippen LogP contribution in [0.5, 0.6) is 5.75 Å². The molecule has 1 saturated heterocycles. The highest BCUT2D eigenvalue weighted by Crippen LogP contribution is 2.40. The maximum absolute atomic E-state index is 12.9. The van der Waals surface area contributed by atoms with E-state index in [-0.39, 0.29) is 28.5 Å². The Kier molecular flexibility index (Phi) is 7.56. The number of benzene rings is 2. The monoisotopic (exact) mass is 477 g/mol. The van der Waals surface area contributed by atoms with Gasteiger partial charge in [0.05, 0.1) is 21.7 Å². The van der Waals surface area contributed by atoms with Gasteiger partial charge in [-0.25, -0.2) is 0 Å². The summed E-state index contributed by atoms with van der Waals surface area (Å²) in [5, 5.41) is 11.5. The van der Waals surface area contributed by atoms with Gasteiger partial charge in [-0.05, 0) is 42.3 Å². The molecule has 1 atom stereocenters. The number of hydrogen-bond donors (Lipinski definition) is 1. The third kappa shape index (κ3) is 4.96. The van der Waals surface area contributed by atoms with Crippen molar-refractivity contribution in [2.24, 2.45) is 0 Å². The first kappa shape index (κ1) is 23.8. The van der Waals surface area contributed by atoms with E-state index in [1.165, 1.54) is 30.0 Å². The number of likely N-dealkylation sites (tertiary alicyclic amines) is 1. The van der Waals surface area contributed by atoms with Crippen molar-refractivity contribution in [1.29, 1.82) is 0 Å². The Morgan fingerprint density at radius 2 is 1.78 bits per heavy atom. The van der Waals surface area contributed by atoms with E-state index < -0.39 is 23.7 Å². The molecule has 0 aliphatic carbocycles. The second-order valence-corrected chi connectivity index (χ2v) is 7.94. The van der Waals surface area contributed by atoms with Gasteiger partial charge in [-0.3, -0.25) is 14.4 Å². The van der Waals surface area contributed by atoms with E-state index >= 15 is 0 Å². The lowest BCUT2D eigenvalue weighted by Crippen LogP contribution is -2.31. The first-order chi connectivity index (χ1) is 15.2. The van der Waals surface area contributed by atoms with Crippen LogP contribution in [0.4, 0.5) is 0 Å². The predicted molar refractivity (Wildman–Crippen MR) is 120 cm³/mol. The van der Waals surface area contributed by atoms with E-state index in [1.807, 2.05) is 0 Å². The molecule has 32 heavy (non-hydrogen) atoms. The first-order valence-corrected chi connectivity index (χ1v) is 10.5. The minimum absolute atomic E-state index is 0.0638. The average molecular weight is 478 g/mol. The molecule has 0 radical (unpaired) electrons. The quantitative estimate of drug-likeness (QED) is 0.159. The molecule has 0 saturated carbocycles. The van der Waals surface area contributed by atoms with Gasteiger partial charge in [0.25, 0.3) is 11.7 Å². The number of ether oxygens (including phenoxy) is 2. The highest BCUT2D eigenvalue weighted by Gasteiger charge is 2.45. The van der Waals surface area contributed by atoms with Gasteiger partial charge in [-0.1, -0.05) is 35.3 Å². The smallest absolute Gasteiger partial charge is 0.308 e. The van der Waals surface area contributed by atoms with Gasteiger partial charge < -0.3 is 19.5 Å². The van der Waals surface area contributed by atoms with Gasteiger partial charge in [0, 0.05) is 32.7 Å². The van der Waals surface area contributed by atoms with Crippen LogP contribution in [0.25, 0.3) is 5.76 Å². The van der Waals surface area contributed by atoms with E-state index in [0.29, 0.717) is 29.4 Å². The van der Waals surface area contributed by atoms with Crippen molar-refractivity contribution in [3.63, 3.8) is 0 Å². The lowest BCUT2D eigenvalue weighted by Gasteiger charge is -2.25. The zero-order chi connectivity index (χ0) is 23.4. The topological polar surface area (TPSA) is 93.1 Å². The van der Waals surface area contributed by atoms with Crippen molar-refractivity contribution in [3.05, 3.63) is 69.2 Å². The van der Waals surface area contributed by atoms with Gasteiger partial charge in [-0.15, -0.1) is 0 Å². The molecule has 168 valence electrons. The molecule has 0 spiro atoms. The molecule has 1 heterocycles. The standard InChI is InChI=1S/C23H21Cl2NO6/c1-13(27)32-16-7-4-14(5-8-16)20-19(21(28)15-6-9-17(24)18(25)12-15)22(29)23(30)26(20)10-3-11-31-2/h4-9,12,20,28H,3,10-11H2,1-2H3/b21-19-. The largest absolute Gasteiger partial charge is 0.507 e. The van der Waals surface area contributed by atoms with Crippen LogP contribution < -0.4 is 4.74 Å². The highest BCUT2D eigenvalue weighted by atomic mass is 35.5. The summed E-state index contributed by atoms with van der Waals surface area (Å²) in [6.45, 7) is 1.93. The normalized spacial score (nSPS) is 17.6. The minimum atomic E-state index is -0.840. The highest BCUT2D eigenvalue weighted by molar-refractivity contribution is 6.46. The predicted octanol–water partition coefficient (Wildman–Crippen LogP) is 4.38. The van der Waals surface area contributed by atoms with Gasteiger partial charge in [0.1, 0.15) is 11.5 Å². The van der Waals surface area contributed by atoms with E-state index in [2.05, 4.69) is 0 Å². The van der Waals surface area contributed by atoms with Crippen molar-refractivity contribution >= 4 is 46.6 Å². The summed E-state index contributed by atoms with van der Waals surface area (Å²) in [5.74, 6) is -2.04. The fraction of sp³-hybridized carbons (Fsp3) is 0.261. The molecule has 1 unspecified atom stereocenters. The summed E-state index contributed by atoms with van der Waals surface area (Å²) in [6.07, 6.45) is 0.498. The molecule has 1 fully saturated rings. The summed E-state index contributed by atoms with van der Waals surface area (Å²) in [6, 6.07) is 10.0. The maximum atomic E-state index is 12.9. The molecular weight excluding hydrogens is 457 g/mol. The number of carbonyl (C=O) groups excluding carboxylic acids is 3. The molecule has 1 aliphatic rings. The third-order valence-electron chi connectivity index (χ3n) is 4.94. The summed E-state index contributed by atoms with van der Waals surface area (Å²) in [7, 11) is 1.55. The van der Waals surface area contributed by atoms with Crippen molar-refractivity contribution in [3.8, 4) is 5.75 Å². The number of carbonyl (C=O) groups is 3. The number of aliphatic hydroxyl groups is 1. The fourth-order valence-corrected chi connectivity index (χ4v) is 3.82. The van der Waals surface area contributed by atoms with Gasteiger partial charge in [0.2, 0.25) is 0 Å². The molecule has 0 bridgehead atoms. The van der Waals surface area contributed by atoms with Crippen molar-refractivity contribution in [2.45, 2.75) is 19.4 Å². The van der Waals surface area contributed by atoms with E-state index in [1.54, 1.807) is 31.4 Å². The Hall–Kier alpha value is -2.87. The molecule has 3 rings (SSSR count). The van der Waals surface area contributed by atoms with Crippen LogP contribution in [-0.2, 0) is 19.1 Å². The Labute approximate surface area is 195 Å². The second-order valence-electron chi connectivity index (χ2n) is 7.13. The van der Waals surface area contributed by atoms with Crippen LogP contribution in [0.15, 0.2) is 48.0 Å². The zero-order valence-corrected chi connectivity index (χ0v) is 18.9. The summed E-state index contributed by atoms with van der Waals surface area (Å²) in [4.78, 5) is 38.4. The number of nitrogens with zero attached hydrogens (tertiary/aromatic N) is 1. The number of Topliss-reactive ketones (excluding diaryl/α,β-unsaturated/α-hetero) is 1. The van der Waals surface area contributed by atoms with Gasteiger partial charge in [-0.2, -0.15) is 0 Å². The summed E-state index contributed by atoms with van der Waals surface area (Å²) < 4.78 is 10.1. The molecule has 9 heteroatoms. The molecule has 0 aromatic heterocycles. The van der Waals surface area contributed by atoms with Crippen molar-refractivity contribution in [2.75, 3.05) is 20.3 Å². The third-order valence-corrected chi connectivity index (χ3v) is 5.68. The van der Waals surface area contributed by atoms with Gasteiger partial charge >= 0.3 is 5.97 Å². The van der Waals surface area contributed by atoms with Crippen LogP contribution in [0.2, 0.25) is 10.0 Å². The molecule has 2 aromatic rings. The number of esters is 1. The van der Waals surface area contributed by atoms with Crippen LogP contribution in [-0.4, -0.2) is 47.9 Å². The lowest BCUT2D eigenvalue weighted by molar-refractivity contribution is -0.140. The Morgan fingerprint density at radius 3 is 2.38 bits per heavy atom. The SMILES string of the molecule is COCCCN1C(=O)C(=O)/C(=C(\O)c2ccc(Cl)c(Cl)c2)C1c1ccc(OC(C)=O)cc1. The zero-order valence-electron chi connectivity index (χ0n) is 17.4. The van der Waals surface area contributed by atoms with Crippen molar-refractivity contribution in [1.82, 2.24) is 4.90 Å². The number of ketones is 1. The summed E-state index contributed by atoms with van der Waals surface area (Å²) >= 11 is 12.0. The first-order valence-electron chi connectivity index (χ1n) is 9.75. The Bertz CT molecular complexity index is 1080. The van der Waals surface area contributed by atoms with Crippen LogP contribution in [0.3, 0.4) is 0 Å². The van der Waals surface area contributed by atoms with E-state index in [0.717, 1.165) is 0 Å². The number of halogens is 2. The van der Waals surface area contributed by atoms with E-state index in [9.17, 15) is 19.5 Å². The minimum Gasteiger partial charge on any atom is -0.507 e. The Balaban J connectivity index is 2.10. The van der Waals surface area contributed by atoms with Gasteiger partial charge in [0.15, 0.2) is 0 Å². The molecule has 7 nitrogen and oxygen atoms in total. The number of hydrogen-bond acceptors (Lipinski definition) is 6. The summed E-state index contributed by atoms with van der Waals surface area (Å²) in [5.41, 5.74) is 0.765. The molecule has 1 N–H and O–H groups in total. The number of aliphatic hydroxyl groups excluding tert-OH is 1. The second kappa shape index (κ2) is 10.2. The van der Waals surface area contributed by atoms with E-state index in [4.69, 9.17) is 32.7 Å². The number of rotatable bonds is 7. The van der Waals surface area contributed by atoms with Crippen LogP contribution >= 0.6 is 23.2 Å². The maximum Gasteiger partial charge on any atom is 0.308 e. The van der Waals surface area contributed by atoms with Crippen LogP contribution in [0, 0.1) is 0 Å². The number of amides is 1. The Morgan fingerprint density at radius 1 is 1.09 bits per heavy atom. The van der Waals surface area contributed by atoms with Crippen LogP contribution in [0.1, 0.15) is 30.5 Å². The van der Waals surface area contributed by atoms with Crippen molar-refractivity contribution < 1.29 is 29.0 Å². The number of methoxy groups -OCH3 is 1.